The first kappa shape index (κ1) is 34.9. The van der Waals surface area contributed by atoms with Gasteiger partial charge in [0.05, 0.1) is 11.0 Å². The summed E-state index contributed by atoms with van der Waals surface area (Å²) in [7, 11) is 0. The van der Waals surface area contributed by atoms with Crippen molar-refractivity contribution < 1.29 is 4.42 Å². The fraction of sp³-hybridized carbons (Fsp3) is 0. The number of hydrogen-bond acceptors (Lipinski definition) is 2. The summed E-state index contributed by atoms with van der Waals surface area (Å²) in [6.45, 7) is 0. The van der Waals surface area contributed by atoms with Crippen LogP contribution in [0, 0.1) is 0 Å². The van der Waals surface area contributed by atoms with E-state index in [1.165, 1.54) is 49.3 Å². The lowest BCUT2D eigenvalue weighted by atomic mass is 9.97. The molecule has 12 rings (SSSR count). The number of aromatic nitrogens is 1. The predicted octanol–water partition coefficient (Wildman–Crippen LogP) is 16.3. The Bertz CT molecular complexity index is 3530. The summed E-state index contributed by atoms with van der Waals surface area (Å²) in [4.78, 5) is 2.36. The highest BCUT2D eigenvalue weighted by Crippen LogP contribution is 2.41. The van der Waals surface area contributed by atoms with Gasteiger partial charge in [0, 0.05) is 44.3 Å². The van der Waals surface area contributed by atoms with Crippen LogP contribution < -0.4 is 4.90 Å². The number of para-hydroxylation sites is 3. The van der Waals surface area contributed by atoms with Crippen molar-refractivity contribution in [2.24, 2.45) is 0 Å². The van der Waals surface area contributed by atoms with E-state index in [9.17, 15) is 0 Å². The van der Waals surface area contributed by atoms with Crippen LogP contribution in [0.15, 0.2) is 235 Å². The molecule has 0 N–H and O–H groups in total. The largest absolute Gasteiger partial charge is 0.456 e. The third-order valence-electron chi connectivity index (χ3n) is 12.2. The van der Waals surface area contributed by atoms with Crippen molar-refractivity contribution in [2.75, 3.05) is 4.90 Å². The first-order valence-corrected chi connectivity index (χ1v) is 20.8. The van der Waals surface area contributed by atoms with E-state index in [0.717, 1.165) is 61.4 Å². The number of anilines is 3. The molecule has 286 valence electrons. The third-order valence-corrected chi connectivity index (χ3v) is 12.2. The van der Waals surface area contributed by atoms with Crippen molar-refractivity contribution in [3.8, 4) is 39.1 Å². The number of furan rings is 1. The first-order valence-electron chi connectivity index (χ1n) is 20.8. The van der Waals surface area contributed by atoms with Crippen LogP contribution in [0.2, 0.25) is 0 Å². The van der Waals surface area contributed by atoms with E-state index in [1.54, 1.807) is 0 Å². The number of fused-ring (bicyclic) bond motifs is 7. The van der Waals surface area contributed by atoms with Crippen molar-refractivity contribution in [1.29, 1.82) is 0 Å². The van der Waals surface area contributed by atoms with E-state index in [1.807, 2.05) is 12.1 Å². The monoisotopic (exact) mass is 778 g/mol. The molecule has 0 aliphatic carbocycles. The van der Waals surface area contributed by atoms with Crippen LogP contribution in [-0.4, -0.2) is 4.57 Å². The van der Waals surface area contributed by atoms with E-state index in [4.69, 9.17) is 4.42 Å². The van der Waals surface area contributed by atoms with E-state index >= 15 is 0 Å². The van der Waals surface area contributed by atoms with Crippen LogP contribution >= 0.6 is 0 Å². The number of nitrogens with zero attached hydrogens (tertiary/aromatic N) is 2. The Morgan fingerprint density at radius 3 is 1.59 bits per heavy atom. The second kappa shape index (κ2) is 14.3. The molecule has 0 saturated carbocycles. The predicted molar refractivity (Wildman–Crippen MR) is 257 cm³/mol. The molecular weight excluding hydrogens is 741 g/mol. The lowest BCUT2D eigenvalue weighted by Crippen LogP contribution is -2.10. The van der Waals surface area contributed by atoms with Crippen LogP contribution in [0.3, 0.4) is 0 Å². The first-order chi connectivity index (χ1) is 30.2. The van der Waals surface area contributed by atoms with Gasteiger partial charge in [-0.2, -0.15) is 0 Å². The minimum Gasteiger partial charge on any atom is -0.456 e. The second-order valence-electron chi connectivity index (χ2n) is 15.7. The van der Waals surface area contributed by atoms with Gasteiger partial charge in [0.15, 0.2) is 0 Å². The van der Waals surface area contributed by atoms with Crippen molar-refractivity contribution >= 4 is 71.6 Å². The van der Waals surface area contributed by atoms with Gasteiger partial charge in [-0.1, -0.05) is 152 Å². The molecule has 0 radical (unpaired) electrons. The minimum atomic E-state index is 0.898. The Morgan fingerprint density at radius 2 is 0.852 bits per heavy atom. The third kappa shape index (κ3) is 5.98. The van der Waals surface area contributed by atoms with E-state index in [2.05, 4.69) is 228 Å². The van der Waals surface area contributed by atoms with Crippen molar-refractivity contribution in [3.05, 3.63) is 231 Å². The highest BCUT2D eigenvalue weighted by molar-refractivity contribution is 6.09. The standard InChI is InChI=1S/C58H38N2O/c1-2-18-49-41(12-1)13-11-22-50(49)44-15-10-16-47(37-44)59(46-33-28-40(29-34-46)43-30-35-54-53-21-5-8-25-57(53)61-58(54)38-43)45-31-26-39(27-32-45)42-14-9-17-48(36-42)60-55-23-6-3-19-51(55)52-20-4-7-24-56(52)60/h1-38H. The summed E-state index contributed by atoms with van der Waals surface area (Å²) in [6, 6.07) is 83.0. The maximum absolute atomic E-state index is 6.26. The molecule has 3 nitrogen and oxygen atoms in total. The van der Waals surface area contributed by atoms with Gasteiger partial charge >= 0.3 is 0 Å². The van der Waals surface area contributed by atoms with Crippen LogP contribution in [0.4, 0.5) is 17.1 Å². The zero-order chi connectivity index (χ0) is 40.3. The maximum atomic E-state index is 6.26. The van der Waals surface area contributed by atoms with Gasteiger partial charge in [-0.05, 0) is 123 Å². The lowest BCUT2D eigenvalue weighted by molar-refractivity contribution is 0.669. The molecule has 0 bridgehead atoms. The topological polar surface area (TPSA) is 21.3 Å². The van der Waals surface area contributed by atoms with Crippen LogP contribution in [0.25, 0.3) is 93.6 Å². The summed E-state index contributed by atoms with van der Waals surface area (Å²) in [6.07, 6.45) is 0. The highest BCUT2D eigenvalue weighted by Gasteiger charge is 2.17. The van der Waals surface area contributed by atoms with Crippen molar-refractivity contribution in [2.45, 2.75) is 0 Å². The summed E-state index contributed by atoms with van der Waals surface area (Å²) < 4.78 is 8.64. The lowest BCUT2D eigenvalue weighted by Gasteiger charge is -2.26. The molecule has 0 atom stereocenters. The SMILES string of the molecule is c1cc(-c2cccc3ccccc23)cc(N(c2ccc(-c3cccc(-n4c5ccccc5c5ccccc54)c3)cc2)c2ccc(-c3ccc4c(c3)oc3ccccc34)cc2)c1. The average Bonchev–Trinajstić information content (AvgIpc) is 3.88. The number of rotatable bonds is 7. The maximum Gasteiger partial charge on any atom is 0.136 e. The summed E-state index contributed by atoms with van der Waals surface area (Å²) >= 11 is 0. The molecule has 12 aromatic rings. The fourth-order valence-electron chi connectivity index (χ4n) is 9.27. The van der Waals surface area contributed by atoms with Crippen molar-refractivity contribution in [3.63, 3.8) is 0 Å². The van der Waals surface area contributed by atoms with Gasteiger partial charge in [0.2, 0.25) is 0 Å². The molecule has 0 aliphatic rings. The van der Waals surface area contributed by atoms with E-state index in [-0.39, 0.29) is 0 Å². The van der Waals surface area contributed by atoms with Crippen LogP contribution in [0.1, 0.15) is 0 Å². The molecule has 0 amide bonds. The molecule has 2 heterocycles. The highest BCUT2D eigenvalue weighted by atomic mass is 16.3. The van der Waals surface area contributed by atoms with Gasteiger partial charge < -0.3 is 13.9 Å². The Labute approximate surface area is 353 Å². The van der Waals surface area contributed by atoms with Crippen molar-refractivity contribution in [1.82, 2.24) is 4.57 Å². The minimum absolute atomic E-state index is 0.898. The summed E-state index contributed by atoms with van der Waals surface area (Å²) in [5.74, 6) is 0. The van der Waals surface area contributed by atoms with Crippen LogP contribution in [0.5, 0.6) is 0 Å². The zero-order valence-corrected chi connectivity index (χ0v) is 33.2. The second-order valence-corrected chi connectivity index (χ2v) is 15.7. The normalized spacial score (nSPS) is 11.6. The van der Waals surface area contributed by atoms with E-state index < -0.39 is 0 Å². The van der Waals surface area contributed by atoms with Crippen LogP contribution in [-0.2, 0) is 0 Å². The Hall–Kier alpha value is -8.14. The molecule has 0 unspecified atom stereocenters. The molecular formula is C58H38N2O. The Balaban J connectivity index is 0.940. The van der Waals surface area contributed by atoms with Gasteiger partial charge in [-0.25, -0.2) is 0 Å². The molecule has 10 aromatic carbocycles. The molecule has 0 saturated heterocycles. The van der Waals surface area contributed by atoms with E-state index in [0.29, 0.717) is 0 Å². The summed E-state index contributed by atoms with van der Waals surface area (Å²) in [5.41, 5.74) is 15.6. The molecule has 0 fully saturated rings. The Morgan fingerprint density at radius 1 is 0.311 bits per heavy atom. The molecule has 0 spiro atoms. The molecule has 3 heteroatoms. The average molecular weight is 779 g/mol. The molecule has 61 heavy (non-hydrogen) atoms. The molecule has 0 aliphatic heterocycles. The molecule has 2 aromatic heterocycles. The number of hydrogen-bond donors (Lipinski definition) is 0. The van der Waals surface area contributed by atoms with Gasteiger partial charge in [0.25, 0.3) is 0 Å². The summed E-state index contributed by atoms with van der Waals surface area (Å²) in [5, 5.41) is 7.27. The smallest absolute Gasteiger partial charge is 0.136 e. The Kier molecular flexibility index (Phi) is 8.17. The zero-order valence-electron chi connectivity index (χ0n) is 33.2. The van der Waals surface area contributed by atoms with Gasteiger partial charge in [-0.15, -0.1) is 0 Å². The fourth-order valence-corrected chi connectivity index (χ4v) is 9.27. The van der Waals surface area contributed by atoms with Gasteiger partial charge in [0.1, 0.15) is 11.2 Å². The quantitative estimate of drug-likeness (QED) is 0.161. The number of benzene rings is 10. The van der Waals surface area contributed by atoms with Gasteiger partial charge in [-0.3, -0.25) is 0 Å².